The molecule has 5 nitrogen and oxygen atoms in total. The molecular formula is C17H23F3N3O2+. The molecule has 3 N–H and O–H groups in total. The molecule has 1 aromatic rings. The van der Waals surface area contributed by atoms with E-state index in [-0.39, 0.29) is 24.2 Å². The Balaban J connectivity index is 2.08. The molecule has 0 atom stereocenters. The largest absolute Gasteiger partial charge is 0.457 e. The van der Waals surface area contributed by atoms with Crippen LogP contribution in [0.25, 0.3) is 0 Å². The Kier molecular flexibility index (Phi) is 6.66. The van der Waals surface area contributed by atoms with Gasteiger partial charge in [0.15, 0.2) is 0 Å². The van der Waals surface area contributed by atoms with E-state index in [0.717, 1.165) is 37.8 Å². The molecule has 0 saturated heterocycles. The van der Waals surface area contributed by atoms with E-state index in [2.05, 4.69) is 15.8 Å². The SMILES string of the molecule is CCOC(=O)C(NNc1cccc(C(F)(F)F)c1)=[NH+]C1CCCCC1. The molecule has 8 heteroatoms. The number of halogens is 3. The van der Waals surface area contributed by atoms with Crippen LogP contribution in [0, 0.1) is 0 Å². The summed E-state index contributed by atoms with van der Waals surface area (Å²) in [7, 11) is 0. The Morgan fingerprint density at radius 1 is 1.28 bits per heavy atom. The number of amidine groups is 1. The van der Waals surface area contributed by atoms with Gasteiger partial charge in [-0.25, -0.2) is 10.2 Å². The average Bonchev–Trinajstić information content (AvgIpc) is 2.59. The molecule has 1 saturated carbocycles. The van der Waals surface area contributed by atoms with Gasteiger partial charge in [0.25, 0.3) is 0 Å². The number of benzene rings is 1. The van der Waals surface area contributed by atoms with E-state index in [0.29, 0.717) is 0 Å². The van der Waals surface area contributed by atoms with Crippen molar-refractivity contribution in [3.8, 4) is 0 Å². The van der Waals surface area contributed by atoms with Crippen molar-refractivity contribution in [1.82, 2.24) is 5.43 Å². The summed E-state index contributed by atoms with van der Waals surface area (Å²) in [6, 6.07) is 4.87. The molecule has 0 unspecified atom stereocenters. The molecule has 0 amide bonds. The molecule has 0 aromatic heterocycles. The highest BCUT2D eigenvalue weighted by atomic mass is 19.4. The van der Waals surface area contributed by atoms with Crippen LogP contribution in [0.2, 0.25) is 0 Å². The second-order valence-corrected chi connectivity index (χ2v) is 5.90. The summed E-state index contributed by atoms with van der Waals surface area (Å²) < 4.78 is 43.3. The number of esters is 1. The van der Waals surface area contributed by atoms with Crippen molar-refractivity contribution in [1.29, 1.82) is 0 Å². The van der Waals surface area contributed by atoms with Gasteiger partial charge in [0.1, 0.15) is 0 Å². The van der Waals surface area contributed by atoms with Crippen molar-refractivity contribution in [2.45, 2.75) is 51.2 Å². The van der Waals surface area contributed by atoms with Crippen molar-refractivity contribution in [2.24, 2.45) is 0 Å². The standard InChI is InChI=1S/C17H22F3N3O2/c1-2-25-16(24)15(21-13-8-4-3-5-9-13)23-22-14-10-6-7-12(11-14)17(18,19)20/h6-7,10-11,13,22H,2-5,8-9H2,1H3,(H,21,23)/p+1. The van der Waals surface area contributed by atoms with E-state index in [1.807, 2.05) is 0 Å². The summed E-state index contributed by atoms with van der Waals surface area (Å²) in [5.41, 5.74) is 4.73. The van der Waals surface area contributed by atoms with Gasteiger partial charge in [0.05, 0.1) is 23.9 Å². The zero-order valence-electron chi connectivity index (χ0n) is 14.1. The minimum absolute atomic E-state index is 0.103. The number of ether oxygens (including phenoxy) is 1. The van der Waals surface area contributed by atoms with Crippen molar-refractivity contribution >= 4 is 17.5 Å². The Morgan fingerprint density at radius 2 is 2.00 bits per heavy atom. The molecular weight excluding hydrogens is 335 g/mol. The topological polar surface area (TPSA) is 64.3 Å². The van der Waals surface area contributed by atoms with Crippen molar-refractivity contribution in [2.75, 3.05) is 12.0 Å². The molecule has 0 bridgehead atoms. The van der Waals surface area contributed by atoms with Gasteiger partial charge in [-0.2, -0.15) is 18.6 Å². The fraction of sp³-hybridized carbons (Fsp3) is 0.529. The molecule has 1 aliphatic carbocycles. The van der Waals surface area contributed by atoms with Crippen LogP contribution in [0.4, 0.5) is 18.9 Å². The highest BCUT2D eigenvalue weighted by Gasteiger charge is 2.30. The fourth-order valence-electron chi connectivity index (χ4n) is 2.71. The molecule has 25 heavy (non-hydrogen) atoms. The van der Waals surface area contributed by atoms with Gasteiger partial charge in [-0.05, 0) is 50.8 Å². The predicted molar refractivity (Wildman–Crippen MR) is 87.7 cm³/mol. The Hall–Kier alpha value is -2.25. The van der Waals surface area contributed by atoms with Crippen LogP contribution in [0.5, 0.6) is 0 Å². The minimum Gasteiger partial charge on any atom is -0.457 e. The molecule has 1 aliphatic rings. The van der Waals surface area contributed by atoms with E-state index in [9.17, 15) is 18.0 Å². The molecule has 0 radical (unpaired) electrons. The minimum atomic E-state index is -4.42. The lowest BCUT2D eigenvalue weighted by Gasteiger charge is -2.16. The third-order valence-corrected chi connectivity index (χ3v) is 3.95. The van der Waals surface area contributed by atoms with Crippen molar-refractivity contribution in [3.05, 3.63) is 29.8 Å². The first-order chi connectivity index (χ1) is 11.9. The molecule has 0 spiro atoms. The molecule has 1 fully saturated rings. The van der Waals surface area contributed by atoms with Crippen molar-refractivity contribution in [3.63, 3.8) is 0 Å². The number of anilines is 1. The van der Waals surface area contributed by atoms with Gasteiger partial charge in [-0.15, -0.1) is 0 Å². The van der Waals surface area contributed by atoms with E-state index >= 15 is 0 Å². The predicted octanol–water partition coefficient (Wildman–Crippen LogP) is 2.00. The Labute approximate surface area is 144 Å². The summed E-state index contributed by atoms with van der Waals surface area (Å²) in [6.07, 6.45) is 0.778. The number of alkyl halides is 3. The van der Waals surface area contributed by atoms with Gasteiger partial charge in [-0.1, -0.05) is 12.5 Å². The number of nitrogens with one attached hydrogen (secondary N) is 3. The summed E-state index contributed by atoms with van der Waals surface area (Å²) in [4.78, 5) is 15.2. The first-order valence-corrected chi connectivity index (χ1v) is 8.40. The number of hydrogen-bond acceptors (Lipinski definition) is 3. The summed E-state index contributed by atoms with van der Waals surface area (Å²) >= 11 is 0. The number of carbonyl (C=O) groups is 1. The van der Waals surface area contributed by atoms with Crippen LogP contribution in [0.15, 0.2) is 24.3 Å². The molecule has 2 rings (SSSR count). The average molecular weight is 358 g/mol. The maximum absolute atomic E-state index is 12.8. The Morgan fingerprint density at radius 3 is 2.64 bits per heavy atom. The van der Waals surface area contributed by atoms with Crippen LogP contribution in [-0.2, 0) is 15.7 Å². The smallest absolute Gasteiger partial charge is 0.423 e. The van der Waals surface area contributed by atoms with Crippen LogP contribution in [-0.4, -0.2) is 24.5 Å². The van der Waals surface area contributed by atoms with Crippen LogP contribution in [0.3, 0.4) is 0 Å². The first-order valence-electron chi connectivity index (χ1n) is 8.40. The quantitative estimate of drug-likeness (QED) is 0.333. The lowest BCUT2D eigenvalue weighted by Crippen LogP contribution is -2.84. The third-order valence-electron chi connectivity index (χ3n) is 3.95. The summed E-state index contributed by atoms with van der Waals surface area (Å²) in [5.74, 6) is -0.473. The van der Waals surface area contributed by atoms with E-state index in [4.69, 9.17) is 4.74 Å². The molecule has 1 aromatic carbocycles. The maximum atomic E-state index is 12.8. The summed E-state index contributed by atoms with van der Waals surface area (Å²) in [5, 5.41) is 0. The van der Waals surface area contributed by atoms with Crippen LogP contribution < -0.4 is 15.8 Å². The number of carbonyl (C=O) groups excluding carboxylic acids is 1. The number of rotatable bonds is 4. The summed E-state index contributed by atoms with van der Waals surface area (Å²) in [6.45, 7) is 1.90. The van der Waals surface area contributed by atoms with Crippen molar-refractivity contribution < 1.29 is 27.7 Å². The highest BCUT2D eigenvalue weighted by Crippen LogP contribution is 2.30. The third kappa shape index (κ3) is 5.95. The lowest BCUT2D eigenvalue weighted by molar-refractivity contribution is -0.508. The Bertz CT molecular complexity index is 611. The van der Waals surface area contributed by atoms with Gasteiger partial charge < -0.3 is 4.74 Å². The number of hydrogen-bond donors (Lipinski definition) is 3. The normalized spacial score (nSPS) is 16.4. The highest BCUT2D eigenvalue weighted by molar-refractivity contribution is 6.32. The van der Waals surface area contributed by atoms with Gasteiger partial charge in [-0.3, -0.25) is 4.99 Å². The van der Waals surface area contributed by atoms with E-state index in [1.54, 1.807) is 6.92 Å². The fourth-order valence-corrected chi connectivity index (χ4v) is 2.71. The number of hydrazine groups is 1. The van der Waals surface area contributed by atoms with Gasteiger partial charge in [0, 0.05) is 0 Å². The lowest BCUT2D eigenvalue weighted by atomic mass is 9.96. The maximum Gasteiger partial charge on any atom is 0.423 e. The zero-order chi connectivity index (χ0) is 18.3. The molecule has 0 aliphatic heterocycles. The van der Waals surface area contributed by atoms with Crippen LogP contribution >= 0.6 is 0 Å². The molecule has 0 heterocycles. The second-order valence-electron chi connectivity index (χ2n) is 5.90. The molecule has 138 valence electrons. The zero-order valence-corrected chi connectivity index (χ0v) is 14.1. The van der Waals surface area contributed by atoms with E-state index in [1.165, 1.54) is 18.6 Å². The van der Waals surface area contributed by atoms with Gasteiger partial charge >= 0.3 is 18.0 Å². The first kappa shape index (κ1) is 19.1. The second kappa shape index (κ2) is 8.73. The monoisotopic (exact) mass is 358 g/mol. The van der Waals surface area contributed by atoms with Gasteiger partial charge in [0.2, 0.25) is 0 Å². The van der Waals surface area contributed by atoms with Crippen LogP contribution in [0.1, 0.15) is 44.6 Å². The van der Waals surface area contributed by atoms with E-state index < -0.39 is 17.7 Å².